The van der Waals surface area contributed by atoms with Crippen molar-refractivity contribution in [1.82, 2.24) is 15.0 Å². The molecule has 2 rings (SSSR count). The smallest absolute Gasteiger partial charge is 0.487 e. The molecule has 2 N–H and O–H groups in total. The lowest BCUT2D eigenvalue weighted by molar-refractivity contribution is 0.299. The Kier molecular flexibility index (Phi) is 3.59. The summed E-state index contributed by atoms with van der Waals surface area (Å²) in [5, 5.41) is 25.5. The number of rotatable bonds is 4. The van der Waals surface area contributed by atoms with Crippen LogP contribution in [-0.4, -0.2) is 32.2 Å². The highest BCUT2D eigenvalue weighted by Gasteiger charge is 2.14. The summed E-state index contributed by atoms with van der Waals surface area (Å²) in [5.74, 6) is -0.404. The topological polar surface area (TPSA) is 80.4 Å². The van der Waals surface area contributed by atoms with Crippen LogP contribution in [0.1, 0.15) is 5.69 Å². The van der Waals surface area contributed by atoms with E-state index in [2.05, 4.69) is 10.3 Å². The fourth-order valence-electron chi connectivity index (χ4n) is 1.44. The van der Waals surface area contributed by atoms with Gasteiger partial charge in [0.25, 0.3) is 0 Å². The third-order valence-electron chi connectivity index (χ3n) is 2.23. The molecule has 1 heterocycles. The van der Waals surface area contributed by atoms with Gasteiger partial charge in [0, 0.05) is 13.1 Å². The first-order valence-electron chi connectivity index (χ1n) is 5.19. The molecule has 0 aliphatic heterocycles. The van der Waals surface area contributed by atoms with E-state index in [1.54, 1.807) is 13.2 Å². The van der Waals surface area contributed by atoms with E-state index < -0.39 is 12.9 Å². The number of ether oxygens (including phenoxy) is 1. The number of aryl methyl sites for hydroxylation is 1. The largest absolute Gasteiger partial charge is 0.488 e. The van der Waals surface area contributed by atoms with Crippen LogP contribution in [0.5, 0.6) is 5.75 Å². The molecular weight excluding hydrogens is 240 g/mol. The molecule has 0 aliphatic carbocycles. The van der Waals surface area contributed by atoms with Crippen molar-refractivity contribution in [1.29, 1.82) is 0 Å². The highest BCUT2D eigenvalue weighted by molar-refractivity contribution is 6.58. The molecule has 0 spiro atoms. The molecule has 6 nitrogen and oxygen atoms in total. The van der Waals surface area contributed by atoms with Gasteiger partial charge in [-0.25, -0.2) is 4.39 Å². The molecule has 18 heavy (non-hydrogen) atoms. The molecule has 1 aromatic carbocycles. The number of hydrogen-bond donors (Lipinski definition) is 2. The van der Waals surface area contributed by atoms with E-state index in [0.717, 1.165) is 12.1 Å². The summed E-state index contributed by atoms with van der Waals surface area (Å²) >= 11 is 0. The fourth-order valence-corrected chi connectivity index (χ4v) is 1.44. The van der Waals surface area contributed by atoms with Crippen molar-refractivity contribution in [2.75, 3.05) is 0 Å². The maximum absolute atomic E-state index is 13.2. The van der Waals surface area contributed by atoms with Crippen molar-refractivity contribution >= 4 is 12.6 Å². The number of nitrogens with zero attached hydrogens (tertiary/aromatic N) is 3. The van der Waals surface area contributed by atoms with Crippen LogP contribution in [0.4, 0.5) is 4.39 Å². The van der Waals surface area contributed by atoms with Gasteiger partial charge in [0.1, 0.15) is 23.9 Å². The quantitative estimate of drug-likeness (QED) is 0.696. The normalized spacial score (nSPS) is 10.4. The van der Waals surface area contributed by atoms with Gasteiger partial charge in [-0.2, -0.15) is 0 Å². The van der Waals surface area contributed by atoms with Gasteiger partial charge in [-0.15, -0.1) is 5.10 Å². The number of halogens is 1. The molecule has 8 heteroatoms. The summed E-state index contributed by atoms with van der Waals surface area (Å²) in [5.41, 5.74) is 0.622. The highest BCUT2D eigenvalue weighted by Crippen LogP contribution is 2.12. The van der Waals surface area contributed by atoms with Gasteiger partial charge in [0.15, 0.2) is 0 Å². The minimum atomic E-state index is -1.74. The second kappa shape index (κ2) is 5.15. The minimum Gasteiger partial charge on any atom is -0.487 e. The van der Waals surface area contributed by atoms with Crippen molar-refractivity contribution < 1.29 is 19.2 Å². The molecular formula is C10H11BFN3O3. The summed E-state index contributed by atoms with van der Waals surface area (Å²) in [7, 11) is -0.0154. The Morgan fingerprint density at radius 2 is 2.17 bits per heavy atom. The van der Waals surface area contributed by atoms with E-state index in [0.29, 0.717) is 5.69 Å². The highest BCUT2D eigenvalue weighted by atomic mass is 19.1. The second-order valence-corrected chi connectivity index (χ2v) is 3.77. The summed E-state index contributed by atoms with van der Waals surface area (Å²) in [6.45, 7) is 0.123. The average molecular weight is 251 g/mol. The van der Waals surface area contributed by atoms with Crippen molar-refractivity contribution in [3.8, 4) is 5.75 Å². The monoisotopic (exact) mass is 251 g/mol. The first-order chi connectivity index (χ1) is 8.54. The standard InChI is InChI=1S/C10H11BFN3O3/c1-15-5-9(13-14-15)6-18-10-3-7(11(16)17)2-8(12)4-10/h2-5,16-17H,6H2,1H3. The Hall–Kier alpha value is -1.93. The zero-order valence-corrected chi connectivity index (χ0v) is 9.62. The van der Waals surface area contributed by atoms with Crippen molar-refractivity contribution in [3.05, 3.63) is 35.9 Å². The maximum atomic E-state index is 13.2. The van der Waals surface area contributed by atoms with E-state index in [1.807, 2.05) is 0 Å². The van der Waals surface area contributed by atoms with Crippen LogP contribution in [0.2, 0.25) is 0 Å². The lowest BCUT2D eigenvalue weighted by Gasteiger charge is -2.06. The van der Waals surface area contributed by atoms with Crippen LogP contribution in [0.25, 0.3) is 0 Å². The van der Waals surface area contributed by atoms with Gasteiger partial charge in [-0.3, -0.25) is 4.68 Å². The Balaban J connectivity index is 2.09. The Morgan fingerprint density at radius 3 is 2.78 bits per heavy atom. The van der Waals surface area contributed by atoms with Crippen molar-refractivity contribution in [2.24, 2.45) is 7.05 Å². The van der Waals surface area contributed by atoms with E-state index >= 15 is 0 Å². The molecule has 0 atom stereocenters. The SMILES string of the molecule is Cn1cc(COc2cc(F)cc(B(O)O)c2)nn1. The van der Waals surface area contributed by atoms with E-state index in [-0.39, 0.29) is 17.8 Å². The van der Waals surface area contributed by atoms with Gasteiger partial charge < -0.3 is 14.8 Å². The summed E-state index contributed by atoms with van der Waals surface area (Å²) in [6, 6.07) is 3.53. The molecule has 0 saturated heterocycles. The lowest BCUT2D eigenvalue weighted by atomic mass is 9.80. The summed E-state index contributed by atoms with van der Waals surface area (Å²) in [6.07, 6.45) is 1.67. The van der Waals surface area contributed by atoms with Crippen molar-refractivity contribution in [2.45, 2.75) is 6.61 Å². The third kappa shape index (κ3) is 3.05. The summed E-state index contributed by atoms with van der Waals surface area (Å²) in [4.78, 5) is 0. The minimum absolute atomic E-state index is 0.0316. The zero-order chi connectivity index (χ0) is 13.1. The maximum Gasteiger partial charge on any atom is 0.488 e. The third-order valence-corrected chi connectivity index (χ3v) is 2.23. The van der Waals surface area contributed by atoms with Gasteiger partial charge in [0.2, 0.25) is 0 Å². The van der Waals surface area contributed by atoms with Gasteiger partial charge >= 0.3 is 7.12 Å². The molecule has 1 aromatic heterocycles. The number of benzene rings is 1. The van der Waals surface area contributed by atoms with E-state index in [9.17, 15) is 4.39 Å². The molecule has 0 fully saturated rings. The molecule has 0 saturated carbocycles. The van der Waals surface area contributed by atoms with Gasteiger partial charge in [-0.1, -0.05) is 5.21 Å². The van der Waals surface area contributed by atoms with Crippen molar-refractivity contribution in [3.63, 3.8) is 0 Å². The Labute approximate surface area is 103 Å². The van der Waals surface area contributed by atoms with Crippen LogP contribution < -0.4 is 10.2 Å². The first-order valence-corrected chi connectivity index (χ1v) is 5.19. The number of aromatic nitrogens is 3. The van der Waals surface area contributed by atoms with Gasteiger partial charge in [-0.05, 0) is 17.6 Å². The molecule has 0 radical (unpaired) electrons. The van der Waals surface area contributed by atoms with Crippen LogP contribution in [0, 0.1) is 5.82 Å². The predicted molar refractivity (Wildman–Crippen MR) is 61.6 cm³/mol. The molecule has 0 unspecified atom stereocenters. The zero-order valence-electron chi connectivity index (χ0n) is 9.62. The molecule has 2 aromatic rings. The van der Waals surface area contributed by atoms with Crippen LogP contribution in [0.15, 0.2) is 24.4 Å². The Bertz CT molecular complexity index is 547. The summed E-state index contributed by atoms with van der Waals surface area (Å²) < 4.78 is 20.0. The fraction of sp³-hybridized carbons (Fsp3) is 0.200. The van der Waals surface area contributed by atoms with Gasteiger partial charge in [0.05, 0.1) is 6.20 Å². The molecule has 0 aliphatic rings. The molecule has 0 amide bonds. The van der Waals surface area contributed by atoms with E-state index in [1.165, 1.54) is 10.7 Å². The van der Waals surface area contributed by atoms with Crippen LogP contribution in [-0.2, 0) is 13.7 Å². The average Bonchev–Trinajstić information content (AvgIpc) is 2.72. The Morgan fingerprint density at radius 1 is 1.39 bits per heavy atom. The predicted octanol–water partition coefficient (Wildman–Crippen LogP) is -0.787. The molecule has 0 bridgehead atoms. The first kappa shape index (κ1) is 12.5. The molecule has 94 valence electrons. The van der Waals surface area contributed by atoms with Crippen LogP contribution in [0.3, 0.4) is 0 Å². The van der Waals surface area contributed by atoms with E-state index in [4.69, 9.17) is 14.8 Å². The number of hydrogen-bond acceptors (Lipinski definition) is 5. The lowest BCUT2D eigenvalue weighted by Crippen LogP contribution is -2.30. The van der Waals surface area contributed by atoms with Crippen LogP contribution >= 0.6 is 0 Å². The second-order valence-electron chi connectivity index (χ2n) is 3.77.